The minimum Gasteiger partial charge on any atom is -0.444 e. The fourth-order valence-corrected chi connectivity index (χ4v) is 3.14. The van der Waals surface area contributed by atoms with Gasteiger partial charge in [0.05, 0.1) is 6.04 Å². The summed E-state index contributed by atoms with van der Waals surface area (Å²) in [6, 6.07) is 9.35. The van der Waals surface area contributed by atoms with Gasteiger partial charge in [0.1, 0.15) is 12.1 Å². The summed E-state index contributed by atoms with van der Waals surface area (Å²) in [5.74, 6) is 0.577. The van der Waals surface area contributed by atoms with E-state index in [0.29, 0.717) is 19.0 Å². The van der Waals surface area contributed by atoms with Crippen molar-refractivity contribution in [2.24, 2.45) is 4.99 Å². The maximum absolute atomic E-state index is 12.3. The number of hydrogen-bond donors (Lipinski definition) is 3. The topological polar surface area (TPSA) is 95.1 Å². The van der Waals surface area contributed by atoms with E-state index in [1.54, 1.807) is 0 Å². The summed E-state index contributed by atoms with van der Waals surface area (Å²) < 4.78 is 5.41. The van der Waals surface area contributed by atoms with E-state index in [0.717, 1.165) is 31.5 Å². The second-order valence-corrected chi connectivity index (χ2v) is 8.27. The second kappa shape index (κ2) is 11.4. The molecule has 1 aliphatic rings. The highest BCUT2D eigenvalue weighted by atomic mass is 16.6. The SMILES string of the molecule is CCNC(=NCC(=O)N1CCCC1)NCC(NC(=O)OC(C)(C)C)c1ccccc1. The normalized spacial score (nSPS) is 15.5. The van der Waals surface area contributed by atoms with Crippen molar-refractivity contribution in [1.82, 2.24) is 20.9 Å². The van der Waals surface area contributed by atoms with E-state index in [1.807, 2.05) is 62.9 Å². The number of carbonyl (C=O) groups excluding carboxylic acids is 2. The van der Waals surface area contributed by atoms with Crippen LogP contribution in [0, 0.1) is 0 Å². The van der Waals surface area contributed by atoms with E-state index in [9.17, 15) is 9.59 Å². The summed E-state index contributed by atoms with van der Waals surface area (Å²) >= 11 is 0. The number of ether oxygens (including phenoxy) is 1. The molecule has 1 aliphatic heterocycles. The zero-order valence-corrected chi connectivity index (χ0v) is 18.5. The van der Waals surface area contributed by atoms with Crippen LogP contribution in [0.5, 0.6) is 0 Å². The summed E-state index contributed by atoms with van der Waals surface area (Å²) in [7, 11) is 0. The fourth-order valence-electron chi connectivity index (χ4n) is 3.14. The molecule has 0 radical (unpaired) electrons. The smallest absolute Gasteiger partial charge is 0.408 e. The Kier molecular flexibility index (Phi) is 8.95. The first-order valence-corrected chi connectivity index (χ1v) is 10.6. The van der Waals surface area contributed by atoms with Crippen molar-refractivity contribution >= 4 is 18.0 Å². The molecule has 166 valence electrons. The molecule has 0 bridgehead atoms. The van der Waals surface area contributed by atoms with E-state index < -0.39 is 11.7 Å². The molecule has 1 aromatic carbocycles. The zero-order chi connectivity index (χ0) is 22.0. The van der Waals surface area contributed by atoms with E-state index in [1.165, 1.54) is 0 Å². The largest absolute Gasteiger partial charge is 0.444 e. The average Bonchev–Trinajstić information content (AvgIpc) is 3.23. The van der Waals surface area contributed by atoms with Gasteiger partial charge in [-0.05, 0) is 46.1 Å². The molecular formula is C22H35N5O3. The molecule has 8 heteroatoms. The van der Waals surface area contributed by atoms with Crippen molar-refractivity contribution in [2.75, 3.05) is 32.7 Å². The van der Waals surface area contributed by atoms with Gasteiger partial charge in [0.15, 0.2) is 5.96 Å². The van der Waals surface area contributed by atoms with Crippen molar-refractivity contribution in [2.45, 2.75) is 52.2 Å². The molecule has 1 heterocycles. The van der Waals surface area contributed by atoms with Gasteiger partial charge in [-0.1, -0.05) is 30.3 Å². The summed E-state index contributed by atoms with van der Waals surface area (Å²) in [5.41, 5.74) is 0.366. The van der Waals surface area contributed by atoms with Crippen LogP contribution < -0.4 is 16.0 Å². The lowest BCUT2D eigenvalue weighted by Gasteiger charge is -2.25. The Balaban J connectivity index is 2.02. The Hall–Kier alpha value is -2.77. The van der Waals surface area contributed by atoms with Crippen LogP contribution in [0.3, 0.4) is 0 Å². The van der Waals surface area contributed by atoms with E-state index >= 15 is 0 Å². The van der Waals surface area contributed by atoms with Crippen molar-refractivity contribution in [3.05, 3.63) is 35.9 Å². The molecule has 8 nitrogen and oxygen atoms in total. The van der Waals surface area contributed by atoms with Crippen molar-refractivity contribution < 1.29 is 14.3 Å². The van der Waals surface area contributed by atoms with Crippen LogP contribution in [-0.4, -0.2) is 61.2 Å². The van der Waals surface area contributed by atoms with Gasteiger partial charge in [0.25, 0.3) is 0 Å². The highest BCUT2D eigenvalue weighted by Gasteiger charge is 2.21. The molecule has 30 heavy (non-hydrogen) atoms. The number of amides is 2. The molecule has 0 saturated carbocycles. The number of rotatable bonds is 7. The highest BCUT2D eigenvalue weighted by Crippen LogP contribution is 2.14. The van der Waals surface area contributed by atoms with Gasteiger partial charge < -0.3 is 25.6 Å². The summed E-state index contributed by atoms with van der Waals surface area (Å²) in [6.45, 7) is 10.2. The second-order valence-electron chi connectivity index (χ2n) is 8.27. The molecular weight excluding hydrogens is 382 g/mol. The average molecular weight is 418 g/mol. The quantitative estimate of drug-likeness (QED) is 0.468. The van der Waals surface area contributed by atoms with Crippen LogP contribution in [0.1, 0.15) is 52.1 Å². The van der Waals surface area contributed by atoms with Crippen molar-refractivity contribution in [1.29, 1.82) is 0 Å². The number of guanidine groups is 1. The lowest BCUT2D eigenvalue weighted by atomic mass is 10.1. The first-order valence-electron chi connectivity index (χ1n) is 10.6. The molecule has 1 aromatic rings. The number of nitrogens with one attached hydrogen (secondary N) is 3. The lowest BCUT2D eigenvalue weighted by molar-refractivity contribution is -0.128. The molecule has 0 spiro atoms. The molecule has 1 fully saturated rings. The number of likely N-dealkylation sites (tertiary alicyclic amines) is 1. The van der Waals surface area contributed by atoms with Gasteiger partial charge >= 0.3 is 6.09 Å². The van der Waals surface area contributed by atoms with Crippen LogP contribution >= 0.6 is 0 Å². The van der Waals surface area contributed by atoms with E-state index in [4.69, 9.17) is 4.74 Å². The number of benzene rings is 1. The van der Waals surface area contributed by atoms with Crippen LogP contribution in [0.4, 0.5) is 4.79 Å². The van der Waals surface area contributed by atoms with Crippen LogP contribution in [0.15, 0.2) is 35.3 Å². The van der Waals surface area contributed by atoms with E-state index in [-0.39, 0.29) is 18.5 Å². The number of carbonyl (C=O) groups is 2. The maximum Gasteiger partial charge on any atom is 0.408 e. The van der Waals surface area contributed by atoms with E-state index in [2.05, 4.69) is 20.9 Å². The molecule has 2 rings (SSSR count). The standard InChI is InChI=1S/C22H35N5O3/c1-5-23-20(25-16-19(28)27-13-9-10-14-27)24-15-18(17-11-7-6-8-12-17)26-21(29)30-22(2,3)4/h6-8,11-12,18H,5,9-10,13-16H2,1-4H3,(H,26,29)(H2,23,24,25). The van der Waals surface area contributed by atoms with Gasteiger partial charge in [-0.2, -0.15) is 0 Å². The predicted octanol–water partition coefficient (Wildman–Crippen LogP) is 2.43. The van der Waals surface area contributed by atoms with Crippen molar-refractivity contribution in [3.8, 4) is 0 Å². The Labute approximate surface area is 179 Å². The molecule has 1 atom stereocenters. The monoisotopic (exact) mass is 417 g/mol. The third-order valence-corrected chi connectivity index (χ3v) is 4.54. The minimum absolute atomic E-state index is 0.0381. The van der Waals surface area contributed by atoms with Gasteiger partial charge in [-0.15, -0.1) is 0 Å². The number of aliphatic imine (C=N–C) groups is 1. The molecule has 0 aromatic heterocycles. The Morgan fingerprint density at radius 1 is 1.13 bits per heavy atom. The third-order valence-electron chi connectivity index (χ3n) is 4.54. The van der Waals surface area contributed by atoms with Gasteiger partial charge in [0.2, 0.25) is 5.91 Å². The maximum atomic E-state index is 12.3. The molecule has 0 aliphatic carbocycles. The minimum atomic E-state index is -0.578. The molecule has 1 unspecified atom stereocenters. The number of alkyl carbamates (subject to hydrolysis) is 1. The van der Waals surface area contributed by atoms with Gasteiger partial charge in [-0.25, -0.2) is 9.79 Å². The van der Waals surface area contributed by atoms with Crippen LogP contribution in [-0.2, 0) is 9.53 Å². The number of hydrogen-bond acceptors (Lipinski definition) is 4. The van der Waals surface area contributed by atoms with Gasteiger partial charge in [-0.3, -0.25) is 4.79 Å². The van der Waals surface area contributed by atoms with Gasteiger partial charge in [0, 0.05) is 26.2 Å². The highest BCUT2D eigenvalue weighted by molar-refractivity contribution is 5.85. The Morgan fingerprint density at radius 2 is 1.80 bits per heavy atom. The Bertz CT molecular complexity index is 709. The molecule has 1 saturated heterocycles. The fraction of sp³-hybridized carbons (Fsp3) is 0.591. The first kappa shape index (κ1) is 23.5. The first-order chi connectivity index (χ1) is 14.3. The predicted molar refractivity (Wildman–Crippen MR) is 118 cm³/mol. The summed E-state index contributed by atoms with van der Waals surface area (Å²) in [6.07, 6.45) is 1.63. The molecule has 3 N–H and O–H groups in total. The zero-order valence-electron chi connectivity index (χ0n) is 18.5. The number of nitrogens with zero attached hydrogens (tertiary/aromatic N) is 2. The Morgan fingerprint density at radius 3 is 2.40 bits per heavy atom. The summed E-state index contributed by atoms with van der Waals surface area (Å²) in [5, 5.41) is 9.30. The third kappa shape index (κ3) is 8.31. The van der Waals surface area contributed by atoms with Crippen molar-refractivity contribution in [3.63, 3.8) is 0 Å². The lowest BCUT2D eigenvalue weighted by Crippen LogP contribution is -2.44. The summed E-state index contributed by atoms with van der Waals surface area (Å²) in [4.78, 5) is 30.9. The van der Waals surface area contributed by atoms with Crippen LogP contribution in [0.25, 0.3) is 0 Å². The molecule has 2 amide bonds. The van der Waals surface area contributed by atoms with Crippen LogP contribution in [0.2, 0.25) is 0 Å².